The van der Waals surface area contributed by atoms with E-state index in [2.05, 4.69) is 5.32 Å². The molecular weight excluding hydrogens is 296 g/mol. The van der Waals surface area contributed by atoms with Crippen molar-refractivity contribution < 1.29 is 13.6 Å². The van der Waals surface area contributed by atoms with E-state index in [1.165, 1.54) is 24.3 Å². The maximum Gasteiger partial charge on any atom is 0.142 e. The molecule has 0 radical (unpaired) electrons. The fraction of sp³-hybridized carbons (Fsp3) is 0.316. The standard InChI is InChI=1S/C19H19F2NO/c1-11-17(13-3-7-15(20)8-4-13)22-18(12(2)19(11)23)14-5-9-16(21)10-6-14/h3-12,17-18,22H,1-2H3/t11-,12-,17-,18-/m0/s1. The minimum Gasteiger partial charge on any atom is -0.302 e. The normalized spacial score (nSPS) is 27.9. The molecule has 0 aromatic heterocycles. The van der Waals surface area contributed by atoms with Gasteiger partial charge >= 0.3 is 0 Å². The van der Waals surface area contributed by atoms with Gasteiger partial charge in [0.15, 0.2) is 0 Å². The Bertz CT molecular complexity index is 637. The molecule has 1 heterocycles. The number of hydrogen-bond donors (Lipinski definition) is 1. The maximum atomic E-state index is 13.1. The molecule has 0 saturated carbocycles. The van der Waals surface area contributed by atoms with Gasteiger partial charge in [-0.15, -0.1) is 0 Å². The summed E-state index contributed by atoms with van der Waals surface area (Å²) in [5, 5.41) is 3.49. The SMILES string of the molecule is C[C@@H]1C(=O)[C@@H](C)[C@@H](c2ccc(F)cc2)N[C@@H]1c1ccc(F)cc1. The van der Waals surface area contributed by atoms with Crippen LogP contribution in [0.5, 0.6) is 0 Å². The third kappa shape index (κ3) is 3.04. The lowest BCUT2D eigenvalue weighted by molar-refractivity contribution is -0.130. The van der Waals surface area contributed by atoms with E-state index in [0.717, 1.165) is 11.1 Å². The highest BCUT2D eigenvalue weighted by molar-refractivity contribution is 5.85. The van der Waals surface area contributed by atoms with Gasteiger partial charge in [-0.05, 0) is 35.4 Å². The Hall–Kier alpha value is -2.07. The van der Waals surface area contributed by atoms with E-state index < -0.39 is 0 Å². The summed E-state index contributed by atoms with van der Waals surface area (Å²) in [6.45, 7) is 3.78. The number of halogens is 2. The van der Waals surface area contributed by atoms with Gasteiger partial charge in [0.25, 0.3) is 0 Å². The summed E-state index contributed by atoms with van der Waals surface area (Å²) in [4.78, 5) is 12.6. The number of carbonyl (C=O) groups is 1. The van der Waals surface area contributed by atoms with E-state index in [-0.39, 0.29) is 41.3 Å². The minimum atomic E-state index is -0.299. The summed E-state index contributed by atoms with van der Waals surface area (Å²) in [5.41, 5.74) is 1.76. The number of nitrogens with one attached hydrogen (secondary N) is 1. The Morgan fingerprint density at radius 1 is 0.739 bits per heavy atom. The lowest BCUT2D eigenvalue weighted by Crippen LogP contribution is -2.46. The van der Waals surface area contributed by atoms with E-state index in [1.54, 1.807) is 24.3 Å². The summed E-state index contributed by atoms with van der Waals surface area (Å²) in [7, 11) is 0. The fourth-order valence-corrected chi connectivity index (χ4v) is 3.34. The van der Waals surface area contributed by atoms with Crippen LogP contribution in [-0.4, -0.2) is 5.78 Å². The van der Waals surface area contributed by atoms with Gasteiger partial charge in [0.2, 0.25) is 0 Å². The van der Waals surface area contributed by atoms with Gasteiger partial charge in [0.05, 0.1) is 0 Å². The first-order valence-corrected chi connectivity index (χ1v) is 7.78. The smallest absolute Gasteiger partial charge is 0.142 e. The molecule has 1 N–H and O–H groups in total. The zero-order chi connectivity index (χ0) is 16.6. The summed E-state index contributed by atoms with van der Waals surface area (Å²) in [6.07, 6.45) is 0. The van der Waals surface area contributed by atoms with Gasteiger partial charge in [-0.2, -0.15) is 0 Å². The highest BCUT2D eigenvalue weighted by Gasteiger charge is 2.40. The monoisotopic (exact) mass is 315 g/mol. The number of hydrogen-bond acceptors (Lipinski definition) is 2. The van der Waals surface area contributed by atoms with Crippen LogP contribution in [0.1, 0.15) is 37.1 Å². The number of carbonyl (C=O) groups excluding carboxylic acids is 1. The number of Topliss-reactive ketones (excluding diaryl/α,β-unsaturated/α-hetero) is 1. The highest BCUT2D eigenvalue weighted by Crippen LogP contribution is 2.38. The second-order valence-corrected chi connectivity index (χ2v) is 6.20. The van der Waals surface area contributed by atoms with Crippen LogP contribution in [0.25, 0.3) is 0 Å². The van der Waals surface area contributed by atoms with Crippen molar-refractivity contribution in [3.63, 3.8) is 0 Å². The molecule has 0 amide bonds. The predicted octanol–water partition coefficient (Wildman–Crippen LogP) is 4.19. The van der Waals surface area contributed by atoms with Crippen molar-refractivity contribution >= 4 is 5.78 Å². The molecule has 1 saturated heterocycles. The molecule has 4 heteroatoms. The highest BCUT2D eigenvalue weighted by atomic mass is 19.1. The second-order valence-electron chi connectivity index (χ2n) is 6.20. The lowest BCUT2D eigenvalue weighted by Gasteiger charge is -2.39. The molecule has 2 aromatic rings. The largest absolute Gasteiger partial charge is 0.302 e. The van der Waals surface area contributed by atoms with Crippen LogP contribution in [0.2, 0.25) is 0 Å². The lowest BCUT2D eigenvalue weighted by atomic mass is 9.76. The van der Waals surface area contributed by atoms with E-state index in [4.69, 9.17) is 0 Å². The van der Waals surface area contributed by atoms with Crippen LogP contribution in [-0.2, 0) is 4.79 Å². The van der Waals surface area contributed by atoms with Crippen LogP contribution < -0.4 is 5.32 Å². The maximum absolute atomic E-state index is 13.1. The van der Waals surface area contributed by atoms with Gasteiger partial charge in [-0.1, -0.05) is 38.1 Å². The molecule has 2 nitrogen and oxygen atoms in total. The van der Waals surface area contributed by atoms with E-state index in [9.17, 15) is 13.6 Å². The van der Waals surface area contributed by atoms with Crippen LogP contribution in [0.3, 0.4) is 0 Å². The van der Waals surface area contributed by atoms with Crippen LogP contribution in [0.15, 0.2) is 48.5 Å². The number of piperidine rings is 1. The fourth-order valence-electron chi connectivity index (χ4n) is 3.34. The number of rotatable bonds is 2. The topological polar surface area (TPSA) is 29.1 Å². The molecule has 0 aliphatic carbocycles. The Labute approximate surface area is 134 Å². The van der Waals surface area contributed by atoms with Gasteiger partial charge < -0.3 is 5.32 Å². The average molecular weight is 315 g/mol. The molecular formula is C19H19F2NO. The first-order valence-electron chi connectivity index (χ1n) is 7.78. The van der Waals surface area contributed by atoms with Gasteiger partial charge in [-0.3, -0.25) is 4.79 Å². The average Bonchev–Trinajstić information content (AvgIpc) is 2.55. The van der Waals surface area contributed by atoms with Crippen molar-refractivity contribution in [2.75, 3.05) is 0 Å². The number of ketones is 1. The molecule has 23 heavy (non-hydrogen) atoms. The van der Waals surface area contributed by atoms with Crippen LogP contribution in [0, 0.1) is 23.5 Å². The molecule has 0 spiro atoms. The van der Waals surface area contributed by atoms with Crippen molar-refractivity contribution in [1.82, 2.24) is 5.32 Å². The molecule has 4 atom stereocenters. The Morgan fingerprint density at radius 3 is 1.43 bits per heavy atom. The summed E-state index contributed by atoms with van der Waals surface area (Å²) in [5.74, 6) is -0.842. The van der Waals surface area contributed by atoms with Gasteiger partial charge in [0, 0.05) is 23.9 Å². The first kappa shape index (κ1) is 15.8. The van der Waals surface area contributed by atoms with Crippen molar-refractivity contribution in [1.29, 1.82) is 0 Å². The summed E-state index contributed by atoms with van der Waals surface area (Å²) < 4.78 is 26.3. The quantitative estimate of drug-likeness (QED) is 0.900. The molecule has 1 fully saturated rings. The molecule has 2 aromatic carbocycles. The molecule has 120 valence electrons. The zero-order valence-corrected chi connectivity index (χ0v) is 13.1. The van der Waals surface area contributed by atoms with E-state index >= 15 is 0 Å². The Balaban J connectivity index is 1.94. The van der Waals surface area contributed by atoms with E-state index in [0.29, 0.717) is 0 Å². The molecule has 1 aliphatic rings. The molecule has 1 aliphatic heterocycles. The summed E-state index contributed by atoms with van der Waals surface area (Å²) in [6, 6.07) is 12.0. The third-order valence-electron chi connectivity index (χ3n) is 4.71. The zero-order valence-electron chi connectivity index (χ0n) is 13.1. The molecule has 0 unspecified atom stereocenters. The van der Waals surface area contributed by atoms with Crippen LogP contribution >= 0.6 is 0 Å². The Kier molecular flexibility index (Phi) is 4.26. The van der Waals surface area contributed by atoms with Crippen molar-refractivity contribution in [3.05, 3.63) is 71.3 Å². The molecule has 0 bridgehead atoms. The van der Waals surface area contributed by atoms with E-state index in [1.807, 2.05) is 13.8 Å². The van der Waals surface area contributed by atoms with Crippen molar-refractivity contribution in [2.24, 2.45) is 11.8 Å². The number of benzene rings is 2. The Morgan fingerprint density at radius 2 is 1.09 bits per heavy atom. The predicted molar refractivity (Wildman–Crippen MR) is 84.8 cm³/mol. The van der Waals surface area contributed by atoms with Gasteiger partial charge in [-0.25, -0.2) is 8.78 Å². The molecule has 3 rings (SSSR count). The van der Waals surface area contributed by atoms with Crippen molar-refractivity contribution in [2.45, 2.75) is 25.9 Å². The van der Waals surface area contributed by atoms with Crippen molar-refractivity contribution in [3.8, 4) is 0 Å². The van der Waals surface area contributed by atoms with Gasteiger partial charge in [0.1, 0.15) is 17.4 Å². The second kappa shape index (κ2) is 6.20. The first-order chi connectivity index (χ1) is 11.0. The minimum absolute atomic E-state index is 0.160. The summed E-state index contributed by atoms with van der Waals surface area (Å²) >= 11 is 0. The van der Waals surface area contributed by atoms with Crippen LogP contribution in [0.4, 0.5) is 8.78 Å². The third-order valence-corrected chi connectivity index (χ3v) is 4.71.